The topological polar surface area (TPSA) is 38.1 Å². The molecule has 2 heterocycles. The van der Waals surface area contributed by atoms with Crippen LogP contribution in [0.3, 0.4) is 0 Å². The maximum atomic E-state index is 4.34. The van der Waals surface area contributed by atoms with Crippen molar-refractivity contribution < 1.29 is 0 Å². The molecule has 0 aromatic carbocycles. The van der Waals surface area contributed by atoms with Gasteiger partial charge in [0.25, 0.3) is 0 Å². The molecule has 109 valence electrons. The summed E-state index contributed by atoms with van der Waals surface area (Å²) >= 11 is 10.1. The molecule has 8 heteroatoms. The number of rotatable bonds is 1. The van der Waals surface area contributed by atoms with Crippen molar-refractivity contribution in [2.75, 3.05) is 0 Å². The normalized spacial score (nSPS) is 9.10. The quantitative estimate of drug-likeness (QED) is 0.426. The maximum absolute atomic E-state index is 4.34. The van der Waals surface area contributed by atoms with Crippen LogP contribution in [0.1, 0.15) is 31.2 Å². The molecule has 0 aliphatic rings. The SMILES string of the molecule is Cc1nc(C)c(C)s1.Cc1nc(CBr)c(C)s1.[B]=NS. The first-order valence-electron chi connectivity index (χ1n) is 5.79. The van der Waals surface area contributed by atoms with E-state index in [9.17, 15) is 0 Å². The summed E-state index contributed by atoms with van der Waals surface area (Å²) in [7, 11) is 4.34. The average molecular weight is 391 g/mol. The van der Waals surface area contributed by atoms with E-state index in [0.717, 1.165) is 10.3 Å². The molecule has 0 bridgehead atoms. The number of halogens is 1. The number of hydrogen-bond donors (Lipinski definition) is 1. The van der Waals surface area contributed by atoms with Gasteiger partial charge in [-0.15, -0.1) is 22.7 Å². The number of nitrogens with zero attached hydrogens (tertiary/aromatic N) is 3. The Morgan fingerprint density at radius 1 is 1.05 bits per heavy atom. The summed E-state index contributed by atoms with van der Waals surface area (Å²) in [5.74, 6) is 0. The molecule has 0 fully saturated rings. The molecule has 2 rings (SSSR count). The van der Waals surface area contributed by atoms with Gasteiger partial charge in [0.15, 0.2) is 0 Å². The van der Waals surface area contributed by atoms with Gasteiger partial charge in [-0.05, 0) is 34.6 Å². The summed E-state index contributed by atoms with van der Waals surface area (Å²) in [6.07, 6.45) is 0. The molecule has 0 saturated heterocycles. The van der Waals surface area contributed by atoms with Crippen molar-refractivity contribution >= 4 is 59.1 Å². The standard InChI is InChI=1S/C6H8BrNS.C6H9NS.BHNS/c1-4-6(3-7)8-5(2)9-4;1-4-5(2)8-6(3)7-4;1-2-3/h3H2,1-2H3;1-3H3;3H. The molecule has 1 radical (unpaired) electrons. The van der Waals surface area contributed by atoms with Gasteiger partial charge >= 0.3 is 24.8 Å². The third-order valence-electron chi connectivity index (χ3n) is 2.26. The zero-order valence-corrected chi connectivity index (χ0v) is 16.4. The van der Waals surface area contributed by atoms with Crippen molar-refractivity contribution in [3.63, 3.8) is 0 Å². The molecule has 2 aromatic heterocycles. The molecular weight excluding hydrogens is 373 g/mol. The molecule has 2 aromatic rings. The van der Waals surface area contributed by atoms with Crippen LogP contribution >= 0.6 is 51.4 Å². The zero-order valence-electron chi connectivity index (χ0n) is 12.3. The van der Waals surface area contributed by atoms with Crippen LogP contribution in [0.5, 0.6) is 0 Å². The van der Waals surface area contributed by atoms with Gasteiger partial charge in [0.05, 0.1) is 21.4 Å². The van der Waals surface area contributed by atoms with E-state index in [1.807, 2.05) is 20.8 Å². The molecular formula is C12H18BBrN3S3. The molecule has 3 nitrogen and oxygen atoms in total. The van der Waals surface area contributed by atoms with Crippen LogP contribution in [0.15, 0.2) is 4.30 Å². The summed E-state index contributed by atoms with van der Waals surface area (Å²) in [6, 6.07) is 0. The molecule has 0 aliphatic carbocycles. The Bertz CT molecular complexity index is 521. The van der Waals surface area contributed by atoms with Gasteiger partial charge in [0.1, 0.15) is 0 Å². The number of thiol groups is 1. The molecule has 0 aliphatic heterocycles. The van der Waals surface area contributed by atoms with Gasteiger partial charge in [-0.25, -0.2) is 9.97 Å². The molecule has 0 amide bonds. The summed E-state index contributed by atoms with van der Waals surface area (Å²) < 4.78 is 2.69. The van der Waals surface area contributed by atoms with Crippen LogP contribution in [-0.2, 0) is 5.33 Å². The van der Waals surface area contributed by atoms with Crippen molar-refractivity contribution in [1.29, 1.82) is 0 Å². The Morgan fingerprint density at radius 2 is 1.50 bits per heavy atom. The zero-order chi connectivity index (χ0) is 15.7. The summed E-state index contributed by atoms with van der Waals surface area (Å²) in [5.41, 5.74) is 2.35. The molecule has 0 spiro atoms. The third kappa shape index (κ3) is 7.66. The number of aryl methyl sites for hydroxylation is 5. The van der Waals surface area contributed by atoms with Crippen LogP contribution in [0.4, 0.5) is 0 Å². The van der Waals surface area contributed by atoms with Crippen molar-refractivity contribution in [2.45, 2.75) is 39.9 Å². The fourth-order valence-electron chi connectivity index (χ4n) is 1.33. The Balaban J connectivity index is 0.000000304. The van der Waals surface area contributed by atoms with E-state index in [-0.39, 0.29) is 0 Å². The number of thiazole rings is 2. The molecule has 20 heavy (non-hydrogen) atoms. The fourth-order valence-corrected chi connectivity index (χ4v) is 3.71. The minimum absolute atomic E-state index is 0.878. The summed E-state index contributed by atoms with van der Waals surface area (Å²) in [4.78, 5) is 11.2. The molecule has 0 saturated carbocycles. The van der Waals surface area contributed by atoms with E-state index in [4.69, 9.17) is 0 Å². The Morgan fingerprint density at radius 3 is 1.65 bits per heavy atom. The summed E-state index contributed by atoms with van der Waals surface area (Å²) in [6.45, 7) is 10.3. The molecule has 0 atom stereocenters. The predicted molar refractivity (Wildman–Crippen MR) is 97.7 cm³/mol. The number of aromatic nitrogens is 2. The van der Waals surface area contributed by atoms with Crippen molar-refractivity contribution in [3.8, 4) is 0 Å². The van der Waals surface area contributed by atoms with E-state index in [0.29, 0.717) is 0 Å². The average Bonchev–Trinajstić information content (AvgIpc) is 2.83. The van der Waals surface area contributed by atoms with Crippen molar-refractivity contribution in [2.24, 2.45) is 4.30 Å². The Labute approximate surface area is 144 Å². The first-order valence-corrected chi connectivity index (χ1v) is 8.94. The van der Waals surface area contributed by atoms with Gasteiger partial charge in [0, 0.05) is 15.1 Å². The van der Waals surface area contributed by atoms with Gasteiger partial charge in [-0.1, -0.05) is 15.9 Å². The van der Waals surface area contributed by atoms with E-state index < -0.39 is 0 Å². The first-order chi connectivity index (χ1) is 9.35. The van der Waals surface area contributed by atoms with Gasteiger partial charge in [-0.2, -0.15) is 0 Å². The van der Waals surface area contributed by atoms with Crippen molar-refractivity contribution in [3.05, 3.63) is 31.2 Å². The Hall–Kier alpha value is -0.0451. The van der Waals surface area contributed by atoms with E-state index in [2.05, 4.69) is 64.5 Å². The van der Waals surface area contributed by atoms with Gasteiger partial charge in [0.2, 0.25) is 0 Å². The van der Waals surface area contributed by atoms with Crippen LogP contribution in [0.2, 0.25) is 0 Å². The van der Waals surface area contributed by atoms with Crippen LogP contribution in [0.25, 0.3) is 0 Å². The number of hydrogen-bond acceptors (Lipinski definition) is 6. The second-order valence-corrected chi connectivity index (χ2v) is 7.47. The van der Waals surface area contributed by atoms with Gasteiger partial charge in [-0.3, -0.25) is 0 Å². The Kier molecular flexibility index (Phi) is 10.6. The molecule has 0 N–H and O–H groups in total. The predicted octanol–water partition coefficient (Wildman–Crippen LogP) is 4.91. The van der Waals surface area contributed by atoms with E-state index in [1.165, 1.54) is 26.1 Å². The van der Waals surface area contributed by atoms with Crippen LogP contribution in [-0.4, -0.2) is 17.6 Å². The van der Waals surface area contributed by atoms with Gasteiger partial charge < -0.3 is 0 Å². The van der Waals surface area contributed by atoms with E-state index >= 15 is 0 Å². The van der Waals surface area contributed by atoms with E-state index in [1.54, 1.807) is 22.7 Å². The van der Waals surface area contributed by atoms with Crippen molar-refractivity contribution in [1.82, 2.24) is 9.97 Å². The number of alkyl halides is 1. The minimum atomic E-state index is 0.878. The molecule has 0 unspecified atom stereocenters. The third-order valence-corrected chi connectivity index (χ3v) is 4.71. The second-order valence-electron chi connectivity index (χ2n) is 3.86. The summed E-state index contributed by atoms with van der Waals surface area (Å²) in [5, 5.41) is 3.20. The first kappa shape index (κ1) is 20.0. The van der Waals surface area contributed by atoms with Crippen LogP contribution < -0.4 is 0 Å². The monoisotopic (exact) mass is 390 g/mol. The van der Waals surface area contributed by atoms with Crippen LogP contribution in [0, 0.1) is 34.6 Å². The fraction of sp³-hybridized carbons (Fsp3) is 0.500. The second kappa shape index (κ2) is 10.6.